The lowest BCUT2D eigenvalue weighted by molar-refractivity contribution is 0.597. The molecule has 4 nitrogen and oxygen atoms in total. The highest BCUT2D eigenvalue weighted by atomic mass is 35.5. The third-order valence-corrected chi connectivity index (χ3v) is 4.71. The fourth-order valence-corrected chi connectivity index (χ4v) is 3.70. The van der Waals surface area contributed by atoms with Gasteiger partial charge >= 0.3 is 0 Å². The third kappa shape index (κ3) is 2.91. The molecule has 1 aromatic carbocycles. The monoisotopic (exact) mass is 314 g/mol. The molecule has 2 aromatic rings. The molecule has 0 spiro atoms. The lowest BCUT2D eigenvalue weighted by Crippen LogP contribution is -2.16. The molecule has 20 heavy (non-hydrogen) atoms. The normalized spacial score (nSPS) is 11.4. The molecule has 0 saturated carbocycles. The minimum atomic E-state index is -3.86. The highest BCUT2D eigenvalue weighted by molar-refractivity contribution is 7.92. The van der Waals surface area contributed by atoms with E-state index in [4.69, 9.17) is 11.6 Å². The van der Waals surface area contributed by atoms with E-state index >= 15 is 0 Å². The van der Waals surface area contributed by atoms with Crippen molar-refractivity contribution in [3.05, 3.63) is 52.6 Å². The van der Waals surface area contributed by atoms with Crippen LogP contribution in [0, 0.1) is 19.7 Å². The van der Waals surface area contributed by atoms with Crippen LogP contribution in [0.25, 0.3) is 0 Å². The van der Waals surface area contributed by atoms with Crippen LogP contribution in [0.2, 0.25) is 5.02 Å². The molecule has 0 radical (unpaired) electrons. The maximum atomic E-state index is 13.2. The number of hydrogen-bond acceptors (Lipinski definition) is 3. The first kappa shape index (κ1) is 14.7. The molecule has 106 valence electrons. The number of nitrogens with zero attached hydrogens (tertiary/aromatic N) is 1. The number of aromatic nitrogens is 1. The van der Waals surface area contributed by atoms with Crippen LogP contribution in [0.15, 0.2) is 35.5 Å². The van der Waals surface area contributed by atoms with Crippen LogP contribution >= 0.6 is 11.6 Å². The zero-order valence-corrected chi connectivity index (χ0v) is 12.4. The summed E-state index contributed by atoms with van der Waals surface area (Å²) in [6.07, 6.45) is 2.77. The van der Waals surface area contributed by atoms with Crippen molar-refractivity contribution in [3.8, 4) is 0 Å². The molecule has 1 aromatic heterocycles. The van der Waals surface area contributed by atoms with Gasteiger partial charge in [-0.25, -0.2) is 12.8 Å². The van der Waals surface area contributed by atoms with Crippen LogP contribution in [-0.4, -0.2) is 13.4 Å². The Bertz CT molecular complexity index is 740. The van der Waals surface area contributed by atoms with Gasteiger partial charge in [-0.1, -0.05) is 11.6 Å². The van der Waals surface area contributed by atoms with Gasteiger partial charge in [0.05, 0.1) is 21.8 Å². The van der Waals surface area contributed by atoms with Gasteiger partial charge in [-0.2, -0.15) is 0 Å². The van der Waals surface area contributed by atoms with Crippen molar-refractivity contribution in [1.29, 1.82) is 0 Å². The first-order valence-corrected chi connectivity index (χ1v) is 7.56. The van der Waals surface area contributed by atoms with Gasteiger partial charge in [-0.3, -0.25) is 9.71 Å². The average Bonchev–Trinajstić information content (AvgIpc) is 2.30. The number of sulfonamides is 1. The Labute approximate surface area is 121 Å². The van der Waals surface area contributed by atoms with E-state index in [1.54, 1.807) is 0 Å². The van der Waals surface area contributed by atoms with Gasteiger partial charge in [0, 0.05) is 6.20 Å². The van der Waals surface area contributed by atoms with Crippen molar-refractivity contribution < 1.29 is 12.8 Å². The summed E-state index contributed by atoms with van der Waals surface area (Å²) in [5, 5.41) is 0.237. The second-order valence-corrected chi connectivity index (χ2v) is 6.36. The predicted molar refractivity (Wildman–Crippen MR) is 75.9 cm³/mol. The SMILES string of the molecule is Cc1cc(F)cc(C)c1S(=O)(=O)Nc1cnccc1Cl. The number of nitrogens with one attached hydrogen (secondary N) is 1. The molecular weight excluding hydrogens is 303 g/mol. The summed E-state index contributed by atoms with van der Waals surface area (Å²) in [6.45, 7) is 3.07. The third-order valence-electron chi connectivity index (χ3n) is 2.71. The summed E-state index contributed by atoms with van der Waals surface area (Å²) in [6, 6.07) is 3.82. The second-order valence-electron chi connectivity index (χ2n) is 4.33. The molecular formula is C13H12ClFN2O2S. The highest BCUT2D eigenvalue weighted by Crippen LogP contribution is 2.26. The highest BCUT2D eigenvalue weighted by Gasteiger charge is 2.21. The number of anilines is 1. The van der Waals surface area contributed by atoms with Gasteiger partial charge in [0.25, 0.3) is 10.0 Å². The molecule has 0 aliphatic carbocycles. The Morgan fingerprint density at radius 2 is 1.85 bits per heavy atom. The van der Waals surface area contributed by atoms with Crippen LogP contribution in [0.1, 0.15) is 11.1 Å². The van der Waals surface area contributed by atoms with E-state index in [9.17, 15) is 12.8 Å². The lowest BCUT2D eigenvalue weighted by Gasteiger charge is -2.13. The molecule has 0 atom stereocenters. The van der Waals surface area contributed by atoms with E-state index in [-0.39, 0.29) is 15.6 Å². The first-order valence-electron chi connectivity index (χ1n) is 5.70. The zero-order valence-electron chi connectivity index (χ0n) is 10.8. The van der Waals surface area contributed by atoms with Crippen LogP contribution in [0.5, 0.6) is 0 Å². The minimum Gasteiger partial charge on any atom is -0.277 e. The Morgan fingerprint density at radius 1 is 1.25 bits per heavy atom. The molecule has 2 rings (SSSR count). The van der Waals surface area contributed by atoms with E-state index in [0.717, 1.165) is 0 Å². The molecule has 0 amide bonds. The van der Waals surface area contributed by atoms with Crippen molar-refractivity contribution in [1.82, 2.24) is 4.98 Å². The van der Waals surface area contributed by atoms with E-state index in [1.807, 2.05) is 0 Å². The van der Waals surface area contributed by atoms with Crippen molar-refractivity contribution in [2.75, 3.05) is 4.72 Å². The standard InChI is InChI=1S/C13H12ClFN2O2S/c1-8-5-10(15)6-9(2)13(8)20(18,19)17-12-7-16-4-3-11(12)14/h3-7,17H,1-2H3. The largest absolute Gasteiger partial charge is 0.277 e. The van der Waals surface area contributed by atoms with Gasteiger partial charge in [-0.15, -0.1) is 0 Å². The smallest absolute Gasteiger partial charge is 0.262 e. The Hall–Kier alpha value is -1.66. The van der Waals surface area contributed by atoms with Crippen molar-refractivity contribution >= 4 is 27.3 Å². The topological polar surface area (TPSA) is 59.1 Å². The van der Waals surface area contributed by atoms with E-state index < -0.39 is 15.8 Å². The Balaban J connectivity index is 2.50. The number of benzene rings is 1. The summed E-state index contributed by atoms with van der Waals surface area (Å²) >= 11 is 5.90. The molecule has 0 unspecified atom stereocenters. The van der Waals surface area contributed by atoms with Crippen molar-refractivity contribution in [2.45, 2.75) is 18.7 Å². The summed E-state index contributed by atoms with van der Waals surface area (Å²) in [5.41, 5.74) is 0.835. The maximum absolute atomic E-state index is 13.2. The number of pyridine rings is 1. The van der Waals surface area contributed by atoms with Gasteiger partial charge in [0.1, 0.15) is 5.82 Å². The van der Waals surface area contributed by atoms with Gasteiger partial charge in [0.2, 0.25) is 0 Å². The summed E-state index contributed by atoms with van der Waals surface area (Å²) < 4.78 is 40.4. The molecule has 0 aliphatic rings. The maximum Gasteiger partial charge on any atom is 0.262 e. The Kier molecular flexibility index (Phi) is 3.96. The van der Waals surface area contributed by atoms with Gasteiger partial charge < -0.3 is 0 Å². The molecule has 7 heteroatoms. The molecule has 0 bridgehead atoms. The minimum absolute atomic E-state index is 0.0406. The lowest BCUT2D eigenvalue weighted by atomic mass is 10.1. The van der Waals surface area contributed by atoms with Gasteiger partial charge in [0.15, 0.2) is 0 Å². The molecule has 0 fully saturated rings. The van der Waals surface area contributed by atoms with Crippen LogP contribution in [0.4, 0.5) is 10.1 Å². The fourth-order valence-electron chi connectivity index (χ4n) is 1.97. The average molecular weight is 315 g/mol. The van der Waals surface area contributed by atoms with E-state index in [2.05, 4.69) is 9.71 Å². The molecule has 0 saturated heterocycles. The molecule has 0 aliphatic heterocycles. The molecule has 1 heterocycles. The van der Waals surface area contributed by atoms with Crippen molar-refractivity contribution in [3.63, 3.8) is 0 Å². The van der Waals surface area contributed by atoms with Crippen molar-refractivity contribution in [2.24, 2.45) is 0 Å². The predicted octanol–water partition coefficient (Wildman–Crippen LogP) is 3.29. The Morgan fingerprint density at radius 3 is 2.40 bits per heavy atom. The second kappa shape index (κ2) is 5.38. The number of rotatable bonds is 3. The van der Waals surface area contributed by atoms with Crippen LogP contribution in [0.3, 0.4) is 0 Å². The summed E-state index contributed by atoms with van der Waals surface area (Å²) in [7, 11) is -3.86. The number of hydrogen-bond donors (Lipinski definition) is 1. The zero-order chi connectivity index (χ0) is 14.9. The molecule has 1 N–H and O–H groups in total. The fraction of sp³-hybridized carbons (Fsp3) is 0.154. The van der Waals surface area contributed by atoms with E-state index in [0.29, 0.717) is 11.1 Å². The van der Waals surface area contributed by atoms with Crippen LogP contribution < -0.4 is 4.72 Å². The van der Waals surface area contributed by atoms with E-state index in [1.165, 1.54) is 44.4 Å². The first-order chi connectivity index (χ1) is 9.31. The van der Waals surface area contributed by atoms with Crippen LogP contribution in [-0.2, 0) is 10.0 Å². The number of halogens is 2. The quantitative estimate of drug-likeness (QED) is 0.945. The summed E-state index contributed by atoms with van der Waals surface area (Å²) in [4.78, 5) is 3.85. The summed E-state index contributed by atoms with van der Waals surface area (Å²) in [5.74, 6) is -0.474. The number of aryl methyl sites for hydroxylation is 2. The van der Waals surface area contributed by atoms with Gasteiger partial charge in [-0.05, 0) is 43.2 Å².